The molecular formula is C18H13Cl3N4O2S. The van der Waals surface area contributed by atoms with Gasteiger partial charge in [0.05, 0.1) is 11.6 Å². The summed E-state index contributed by atoms with van der Waals surface area (Å²) in [5, 5.41) is 12.0. The van der Waals surface area contributed by atoms with Gasteiger partial charge < -0.3 is 4.74 Å². The first kappa shape index (κ1) is 19.4. The number of hydrogen-bond acceptors (Lipinski definition) is 5. The van der Waals surface area contributed by atoms with Crippen molar-refractivity contribution >= 4 is 52.5 Å². The van der Waals surface area contributed by atoms with Gasteiger partial charge in [0.1, 0.15) is 12.4 Å². The molecule has 3 aromatic rings. The summed E-state index contributed by atoms with van der Waals surface area (Å²) < 4.78 is 7.45. The third-order valence-electron chi connectivity index (χ3n) is 4.01. The average Bonchev–Trinajstić information content (AvgIpc) is 3.10. The molecule has 6 nitrogen and oxygen atoms in total. The predicted molar refractivity (Wildman–Crippen MR) is 110 cm³/mol. The Labute approximate surface area is 180 Å². The van der Waals surface area contributed by atoms with E-state index in [9.17, 15) is 4.79 Å². The van der Waals surface area contributed by atoms with E-state index in [1.165, 1.54) is 11.8 Å². The first-order valence-corrected chi connectivity index (χ1v) is 10.4. The van der Waals surface area contributed by atoms with Crippen LogP contribution in [0, 0.1) is 0 Å². The Kier molecular flexibility index (Phi) is 5.68. The van der Waals surface area contributed by atoms with E-state index in [0.717, 1.165) is 0 Å². The van der Waals surface area contributed by atoms with E-state index in [1.54, 1.807) is 52.1 Å². The summed E-state index contributed by atoms with van der Waals surface area (Å²) in [6.45, 7) is 0.601. The Bertz CT molecular complexity index is 1040. The Balaban J connectivity index is 1.60. The van der Waals surface area contributed by atoms with Gasteiger partial charge in [-0.15, -0.1) is 10.2 Å². The predicted octanol–water partition coefficient (Wildman–Crippen LogP) is 4.70. The van der Waals surface area contributed by atoms with Gasteiger partial charge in [0.15, 0.2) is 5.82 Å². The second-order valence-electron chi connectivity index (χ2n) is 5.86. The molecule has 0 fully saturated rings. The van der Waals surface area contributed by atoms with Crippen LogP contribution in [-0.2, 0) is 6.61 Å². The van der Waals surface area contributed by atoms with Crippen molar-refractivity contribution in [3.05, 3.63) is 68.9 Å². The molecule has 10 heteroatoms. The summed E-state index contributed by atoms with van der Waals surface area (Å²) in [6, 6.07) is 11.8. The minimum Gasteiger partial charge on any atom is -0.484 e. The molecule has 144 valence electrons. The summed E-state index contributed by atoms with van der Waals surface area (Å²) in [4.78, 5) is 13.0. The van der Waals surface area contributed by atoms with E-state index in [-0.39, 0.29) is 12.5 Å². The number of amides is 1. The van der Waals surface area contributed by atoms with Crippen molar-refractivity contribution in [3.8, 4) is 5.75 Å². The van der Waals surface area contributed by atoms with Gasteiger partial charge in [-0.3, -0.25) is 4.79 Å². The molecule has 1 aromatic heterocycles. The fourth-order valence-corrected chi connectivity index (χ4v) is 4.26. The van der Waals surface area contributed by atoms with Gasteiger partial charge in [-0.2, -0.15) is 0 Å². The Morgan fingerprint density at radius 1 is 1.11 bits per heavy atom. The maximum Gasteiger partial charge on any atom is 0.272 e. The van der Waals surface area contributed by atoms with Gasteiger partial charge in [-0.05, 0) is 36.4 Å². The van der Waals surface area contributed by atoms with Gasteiger partial charge in [0.2, 0.25) is 5.16 Å². The lowest BCUT2D eigenvalue weighted by atomic mass is 10.2. The third kappa shape index (κ3) is 3.93. The first-order chi connectivity index (χ1) is 13.5. The molecule has 1 aliphatic heterocycles. The van der Waals surface area contributed by atoms with E-state index < -0.39 is 0 Å². The molecule has 0 atom stereocenters. The minimum absolute atomic E-state index is 0.0915. The second kappa shape index (κ2) is 8.21. The van der Waals surface area contributed by atoms with Crippen LogP contribution in [0.15, 0.2) is 47.6 Å². The highest BCUT2D eigenvalue weighted by Crippen LogP contribution is 2.29. The number of carbonyl (C=O) groups excluding carboxylic acids is 1. The largest absolute Gasteiger partial charge is 0.484 e. The van der Waals surface area contributed by atoms with Crippen LogP contribution >= 0.6 is 46.6 Å². The standard InChI is InChI=1S/C18H13Cl3N4O2S/c19-12-3-1-2-11(8-12)17(26)24-6-7-28-18-23-22-16(25(18)24)10-27-15-5-4-13(20)9-14(15)21/h1-5,8-9H,6-7,10H2. The Hall–Kier alpha value is -1.93. The van der Waals surface area contributed by atoms with Crippen LogP contribution < -0.4 is 9.75 Å². The number of thioether (sulfide) groups is 1. The quantitative estimate of drug-likeness (QED) is 0.570. The van der Waals surface area contributed by atoms with Crippen LogP contribution in [-0.4, -0.2) is 33.1 Å². The van der Waals surface area contributed by atoms with Gasteiger partial charge in [-0.25, -0.2) is 9.69 Å². The number of nitrogens with zero attached hydrogens (tertiary/aromatic N) is 4. The maximum absolute atomic E-state index is 13.0. The maximum atomic E-state index is 13.0. The van der Waals surface area contributed by atoms with Crippen LogP contribution in [0.3, 0.4) is 0 Å². The molecule has 0 N–H and O–H groups in total. The van der Waals surface area contributed by atoms with Crippen molar-refractivity contribution in [1.29, 1.82) is 0 Å². The summed E-state index contributed by atoms with van der Waals surface area (Å²) in [6.07, 6.45) is 0. The van der Waals surface area contributed by atoms with E-state index in [4.69, 9.17) is 39.5 Å². The average molecular weight is 456 g/mol. The number of ether oxygens (including phenoxy) is 1. The lowest BCUT2D eigenvalue weighted by molar-refractivity contribution is 0.0952. The fraction of sp³-hybridized carbons (Fsp3) is 0.167. The zero-order valence-electron chi connectivity index (χ0n) is 14.3. The van der Waals surface area contributed by atoms with Gasteiger partial charge in [0.25, 0.3) is 5.91 Å². The molecular weight excluding hydrogens is 443 g/mol. The van der Waals surface area contributed by atoms with E-state index in [2.05, 4.69) is 10.2 Å². The molecule has 1 amide bonds. The highest BCUT2D eigenvalue weighted by Gasteiger charge is 2.28. The van der Waals surface area contributed by atoms with Crippen LogP contribution in [0.4, 0.5) is 0 Å². The molecule has 4 rings (SSSR count). The van der Waals surface area contributed by atoms with Gasteiger partial charge >= 0.3 is 0 Å². The number of rotatable bonds is 4. The van der Waals surface area contributed by atoms with E-state index in [0.29, 0.717) is 49.7 Å². The molecule has 0 radical (unpaired) electrons. The molecule has 0 bridgehead atoms. The molecule has 0 saturated carbocycles. The lowest BCUT2D eigenvalue weighted by Crippen LogP contribution is -2.45. The third-order valence-corrected chi connectivity index (χ3v) is 5.67. The van der Waals surface area contributed by atoms with Crippen molar-refractivity contribution in [1.82, 2.24) is 14.9 Å². The SMILES string of the molecule is O=C(c1cccc(Cl)c1)N1CCSc2nnc(COc3ccc(Cl)cc3Cl)n21. The fourth-order valence-electron chi connectivity index (χ4n) is 2.74. The highest BCUT2D eigenvalue weighted by molar-refractivity contribution is 7.99. The van der Waals surface area contributed by atoms with Crippen molar-refractivity contribution in [2.75, 3.05) is 17.3 Å². The number of aromatic nitrogens is 3. The zero-order valence-corrected chi connectivity index (χ0v) is 17.4. The van der Waals surface area contributed by atoms with Gasteiger partial charge in [0, 0.05) is 21.4 Å². The zero-order chi connectivity index (χ0) is 19.7. The molecule has 0 spiro atoms. The molecule has 0 aliphatic carbocycles. The van der Waals surface area contributed by atoms with Crippen LogP contribution in [0.1, 0.15) is 16.2 Å². The van der Waals surface area contributed by atoms with Crippen molar-refractivity contribution in [2.24, 2.45) is 0 Å². The van der Waals surface area contributed by atoms with Crippen molar-refractivity contribution in [3.63, 3.8) is 0 Å². The highest BCUT2D eigenvalue weighted by atomic mass is 35.5. The number of halogens is 3. The molecule has 1 aliphatic rings. The molecule has 2 aromatic carbocycles. The van der Waals surface area contributed by atoms with Crippen LogP contribution in [0.2, 0.25) is 15.1 Å². The smallest absolute Gasteiger partial charge is 0.272 e. The Morgan fingerprint density at radius 3 is 2.71 bits per heavy atom. The monoisotopic (exact) mass is 454 g/mol. The molecule has 2 heterocycles. The topological polar surface area (TPSA) is 60.3 Å². The minimum atomic E-state index is -0.186. The molecule has 0 saturated heterocycles. The summed E-state index contributed by atoms with van der Waals surface area (Å²) in [5.74, 6) is 1.49. The summed E-state index contributed by atoms with van der Waals surface area (Å²) >= 11 is 19.6. The van der Waals surface area contributed by atoms with Crippen LogP contribution in [0.5, 0.6) is 5.75 Å². The van der Waals surface area contributed by atoms with Crippen molar-refractivity contribution < 1.29 is 9.53 Å². The van der Waals surface area contributed by atoms with Gasteiger partial charge in [-0.1, -0.05) is 52.6 Å². The number of fused-ring (bicyclic) bond motifs is 1. The summed E-state index contributed by atoms with van der Waals surface area (Å²) in [5.41, 5.74) is 0.492. The number of benzene rings is 2. The normalized spacial score (nSPS) is 13.3. The van der Waals surface area contributed by atoms with E-state index in [1.807, 2.05) is 0 Å². The second-order valence-corrected chi connectivity index (χ2v) is 8.20. The number of carbonyl (C=O) groups is 1. The summed E-state index contributed by atoms with van der Waals surface area (Å²) in [7, 11) is 0. The number of hydrogen-bond donors (Lipinski definition) is 0. The lowest BCUT2D eigenvalue weighted by Gasteiger charge is -2.29. The molecule has 28 heavy (non-hydrogen) atoms. The molecule has 0 unspecified atom stereocenters. The van der Waals surface area contributed by atoms with E-state index >= 15 is 0 Å². The van der Waals surface area contributed by atoms with Crippen molar-refractivity contribution in [2.45, 2.75) is 11.8 Å². The Morgan fingerprint density at radius 2 is 1.93 bits per heavy atom. The van der Waals surface area contributed by atoms with Crippen LogP contribution in [0.25, 0.3) is 0 Å². The first-order valence-electron chi connectivity index (χ1n) is 8.25.